The zero-order valence-corrected chi connectivity index (χ0v) is 10.7. The van der Waals surface area contributed by atoms with Gasteiger partial charge in [0, 0.05) is 24.9 Å². The van der Waals surface area contributed by atoms with Crippen molar-refractivity contribution in [2.45, 2.75) is 13.5 Å². The summed E-state index contributed by atoms with van der Waals surface area (Å²) >= 11 is 0. The van der Waals surface area contributed by atoms with E-state index in [1.54, 1.807) is 6.92 Å². The molecule has 0 bridgehead atoms. The summed E-state index contributed by atoms with van der Waals surface area (Å²) in [5, 5.41) is 0. The molecular weight excluding hydrogens is 275 g/mol. The highest BCUT2D eigenvalue weighted by Crippen LogP contribution is 2.10. The second-order valence-electron chi connectivity index (χ2n) is 4.24. The molecule has 0 aliphatic heterocycles. The van der Waals surface area contributed by atoms with Gasteiger partial charge in [-0.15, -0.1) is 0 Å². The van der Waals surface area contributed by atoms with Gasteiger partial charge in [-0.2, -0.15) is 4.39 Å². The molecule has 5 nitrogen and oxygen atoms in total. The van der Waals surface area contributed by atoms with E-state index in [1.807, 2.05) is 0 Å². The molecule has 20 heavy (non-hydrogen) atoms. The SMILES string of the molecule is Cc1cc(=O)n(Cc2nc(F)c(F)cc2F)c(=O)n1C. The topological polar surface area (TPSA) is 56.9 Å². The minimum Gasteiger partial charge on any atom is -0.301 e. The van der Waals surface area contributed by atoms with Crippen LogP contribution in [0.3, 0.4) is 0 Å². The standard InChI is InChI=1S/C12H10F3N3O2/c1-6-3-10(19)18(12(20)17(6)2)5-9-7(13)4-8(14)11(15)16-9/h3-4H,5H2,1-2H3. The maximum absolute atomic E-state index is 13.5. The van der Waals surface area contributed by atoms with Gasteiger partial charge >= 0.3 is 5.69 Å². The molecule has 0 radical (unpaired) electrons. The number of aryl methyl sites for hydroxylation is 1. The monoisotopic (exact) mass is 285 g/mol. The van der Waals surface area contributed by atoms with Crippen molar-refractivity contribution in [1.82, 2.24) is 14.1 Å². The van der Waals surface area contributed by atoms with Crippen LogP contribution in [0.15, 0.2) is 21.7 Å². The van der Waals surface area contributed by atoms with E-state index in [0.717, 1.165) is 0 Å². The van der Waals surface area contributed by atoms with Gasteiger partial charge in [0.25, 0.3) is 5.56 Å². The smallest absolute Gasteiger partial charge is 0.301 e. The number of nitrogens with zero attached hydrogens (tertiary/aromatic N) is 3. The van der Waals surface area contributed by atoms with E-state index < -0.39 is 41.1 Å². The van der Waals surface area contributed by atoms with Crippen molar-refractivity contribution in [3.8, 4) is 0 Å². The van der Waals surface area contributed by atoms with E-state index in [0.29, 0.717) is 16.3 Å². The lowest BCUT2D eigenvalue weighted by Crippen LogP contribution is -2.40. The van der Waals surface area contributed by atoms with Crippen LogP contribution >= 0.6 is 0 Å². The fraction of sp³-hybridized carbons (Fsp3) is 0.250. The Balaban J connectivity index is 2.57. The van der Waals surface area contributed by atoms with Gasteiger partial charge in [-0.05, 0) is 6.92 Å². The first-order chi connectivity index (χ1) is 9.31. The van der Waals surface area contributed by atoms with Crippen molar-refractivity contribution in [3.05, 3.63) is 61.9 Å². The summed E-state index contributed by atoms with van der Waals surface area (Å²) in [5.41, 5.74) is -1.46. The van der Waals surface area contributed by atoms with Crippen molar-refractivity contribution >= 4 is 0 Å². The van der Waals surface area contributed by atoms with E-state index in [-0.39, 0.29) is 0 Å². The summed E-state index contributed by atoms with van der Waals surface area (Å²) in [5.74, 6) is -4.05. The molecular formula is C12H10F3N3O2. The molecule has 0 amide bonds. The van der Waals surface area contributed by atoms with E-state index >= 15 is 0 Å². The van der Waals surface area contributed by atoms with Gasteiger partial charge in [-0.25, -0.2) is 18.6 Å². The Labute approximate surface area is 110 Å². The van der Waals surface area contributed by atoms with Gasteiger partial charge in [0.05, 0.1) is 12.2 Å². The predicted molar refractivity (Wildman–Crippen MR) is 63.9 cm³/mol. The summed E-state index contributed by atoms with van der Waals surface area (Å²) in [7, 11) is 1.43. The highest BCUT2D eigenvalue weighted by molar-refractivity contribution is 5.11. The van der Waals surface area contributed by atoms with E-state index in [1.165, 1.54) is 17.7 Å². The molecule has 0 aliphatic carbocycles. The number of pyridine rings is 1. The Kier molecular flexibility index (Phi) is 3.47. The van der Waals surface area contributed by atoms with Gasteiger partial charge in [0.2, 0.25) is 5.95 Å². The molecule has 2 aromatic heterocycles. The molecule has 2 aromatic rings. The first kappa shape index (κ1) is 14.0. The van der Waals surface area contributed by atoms with E-state index in [2.05, 4.69) is 4.98 Å². The second kappa shape index (κ2) is 4.95. The van der Waals surface area contributed by atoms with Crippen molar-refractivity contribution in [3.63, 3.8) is 0 Å². The van der Waals surface area contributed by atoms with Gasteiger partial charge in [-0.1, -0.05) is 0 Å². The molecule has 2 rings (SSSR count). The largest absolute Gasteiger partial charge is 0.331 e. The molecule has 0 fully saturated rings. The highest BCUT2D eigenvalue weighted by atomic mass is 19.2. The molecule has 106 valence electrons. The van der Waals surface area contributed by atoms with Crippen LogP contribution in [-0.4, -0.2) is 14.1 Å². The van der Waals surface area contributed by atoms with Crippen LogP contribution in [0, 0.1) is 24.5 Å². The molecule has 0 atom stereocenters. The Morgan fingerprint density at radius 2 is 1.80 bits per heavy atom. The number of hydrogen-bond acceptors (Lipinski definition) is 3. The van der Waals surface area contributed by atoms with E-state index in [4.69, 9.17) is 0 Å². The lowest BCUT2D eigenvalue weighted by molar-refractivity contribution is 0.450. The van der Waals surface area contributed by atoms with Gasteiger partial charge in [-0.3, -0.25) is 9.36 Å². The Bertz CT molecular complexity index is 796. The molecule has 0 N–H and O–H groups in total. The third-order valence-corrected chi connectivity index (χ3v) is 2.91. The van der Waals surface area contributed by atoms with Crippen molar-refractivity contribution < 1.29 is 13.2 Å². The summed E-state index contributed by atoms with van der Waals surface area (Å²) in [6.45, 7) is 0.984. The Hall–Kier alpha value is -2.38. The molecule has 0 aromatic carbocycles. The normalized spacial score (nSPS) is 10.8. The van der Waals surface area contributed by atoms with Gasteiger partial charge in [0.1, 0.15) is 5.82 Å². The van der Waals surface area contributed by atoms with Crippen LogP contribution in [-0.2, 0) is 13.6 Å². The maximum atomic E-state index is 13.5. The maximum Gasteiger partial charge on any atom is 0.331 e. The van der Waals surface area contributed by atoms with Crippen molar-refractivity contribution in [2.24, 2.45) is 7.05 Å². The van der Waals surface area contributed by atoms with Crippen LogP contribution < -0.4 is 11.2 Å². The summed E-state index contributed by atoms with van der Waals surface area (Å²) in [6, 6.07) is 1.50. The quantitative estimate of drug-likeness (QED) is 0.764. The minimum atomic E-state index is -1.49. The van der Waals surface area contributed by atoms with Crippen LogP contribution in [0.2, 0.25) is 0 Å². The Morgan fingerprint density at radius 1 is 1.15 bits per heavy atom. The highest BCUT2D eigenvalue weighted by Gasteiger charge is 2.14. The van der Waals surface area contributed by atoms with Crippen LogP contribution in [0.4, 0.5) is 13.2 Å². The fourth-order valence-electron chi connectivity index (χ4n) is 1.67. The van der Waals surface area contributed by atoms with Gasteiger partial charge in [0.15, 0.2) is 5.82 Å². The molecule has 0 saturated heterocycles. The third kappa shape index (κ3) is 2.36. The summed E-state index contributed by atoms with van der Waals surface area (Å²) in [4.78, 5) is 26.7. The average molecular weight is 285 g/mol. The summed E-state index contributed by atoms with van der Waals surface area (Å²) in [6.07, 6.45) is 0. The molecule has 0 saturated carbocycles. The predicted octanol–water partition coefficient (Wildman–Crippen LogP) is 0.716. The molecule has 0 unspecified atom stereocenters. The second-order valence-corrected chi connectivity index (χ2v) is 4.24. The lowest BCUT2D eigenvalue weighted by Gasteiger charge is -2.09. The van der Waals surface area contributed by atoms with Crippen LogP contribution in [0.25, 0.3) is 0 Å². The van der Waals surface area contributed by atoms with Crippen LogP contribution in [0.5, 0.6) is 0 Å². The molecule has 2 heterocycles. The molecule has 0 aliphatic rings. The number of aromatic nitrogens is 3. The van der Waals surface area contributed by atoms with Gasteiger partial charge < -0.3 is 4.57 Å². The molecule has 8 heteroatoms. The number of halogens is 3. The van der Waals surface area contributed by atoms with E-state index in [9.17, 15) is 22.8 Å². The molecule has 0 spiro atoms. The Morgan fingerprint density at radius 3 is 2.45 bits per heavy atom. The minimum absolute atomic E-state index is 0.321. The van der Waals surface area contributed by atoms with Crippen molar-refractivity contribution in [1.29, 1.82) is 0 Å². The third-order valence-electron chi connectivity index (χ3n) is 2.91. The average Bonchev–Trinajstić information content (AvgIpc) is 2.38. The zero-order valence-electron chi connectivity index (χ0n) is 10.7. The first-order valence-electron chi connectivity index (χ1n) is 5.59. The zero-order chi connectivity index (χ0) is 15.0. The first-order valence-corrected chi connectivity index (χ1v) is 5.59. The fourth-order valence-corrected chi connectivity index (χ4v) is 1.67. The number of hydrogen-bond donors (Lipinski definition) is 0. The number of rotatable bonds is 2. The van der Waals surface area contributed by atoms with Crippen molar-refractivity contribution in [2.75, 3.05) is 0 Å². The summed E-state index contributed by atoms with van der Waals surface area (Å²) < 4.78 is 41.1. The van der Waals surface area contributed by atoms with Crippen LogP contribution in [0.1, 0.15) is 11.4 Å². The lowest BCUT2D eigenvalue weighted by atomic mass is 10.3.